The molecule has 0 spiro atoms. The number of aromatic nitrogens is 2. The van der Waals surface area contributed by atoms with E-state index < -0.39 is 17.1 Å². The molecule has 0 saturated heterocycles. The molecule has 6 nitrogen and oxygen atoms in total. The molecule has 3 rings (SSSR count). The molecule has 0 aliphatic carbocycles. The zero-order valence-corrected chi connectivity index (χ0v) is 12.3. The maximum Gasteiger partial charge on any atom is 0.331 e. The molecule has 23 heavy (non-hydrogen) atoms. The third-order valence-electron chi connectivity index (χ3n) is 3.85. The van der Waals surface area contributed by atoms with Crippen molar-refractivity contribution in [2.45, 2.75) is 25.9 Å². The average Bonchev–Trinajstić information content (AvgIpc) is 3.02. The van der Waals surface area contributed by atoms with Crippen LogP contribution in [0, 0.1) is 17.1 Å². The summed E-state index contributed by atoms with van der Waals surface area (Å²) in [6, 6.07) is 7.78. The number of para-hydroxylation sites is 1. The molecule has 2 heterocycles. The number of nitrogens with zero attached hydrogens (tertiary/aromatic N) is 3. The second-order valence-electron chi connectivity index (χ2n) is 5.21. The van der Waals surface area contributed by atoms with Gasteiger partial charge in [0.2, 0.25) is 0 Å². The van der Waals surface area contributed by atoms with Crippen LogP contribution in [0.5, 0.6) is 5.75 Å². The van der Waals surface area contributed by atoms with E-state index in [0.29, 0.717) is 18.7 Å². The predicted molar refractivity (Wildman–Crippen MR) is 79.9 cm³/mol. The highest BCUT2D eigenvalue weighted by Crippen LogP contribution is 2.15. The highest BCUT2D eigenvalue weighted by molar-refractivity contribution is 5.33. The van der Waals surface area contributed by atoms with Gasteiger partial charge in [-0.05, 0) is 25.0 Å². The van der Waals surface area contributed by atoms with E-state index in [-0.39, 0.29) is 24.5 Å². The van der Waals surface area contributed by atoms with Crippen molar-refractivity contribution in [3.8, 4) is 11.8 Å². The Kier molecular flexibility index (Phi) is 3.98. The van der Waals surface area contributed by atoms with Gasteiger partial charge in [-0.1, -0.05) is 12.1 Å². The molecule has 0 radical (unpaired) electrons. The van der Waals surface area contributed by atoms with Crippen LogP contribution in [-0.2, 0) is 19.5 Å². The SMILES string of the molecule is N#Cc1c2n(c(=O)n(CCOc3ccccc3F)c1=O)CCC2. The number of fused-ring (bicyclic) bond motifs is 1. The molecule has 1 aliphatic heterocycles. The van der Waals surface area contributed by atoms with Crippen LogP contribution < -0.4 is 16.0 Å². The first kappa shape index (κ1) is 15.0. The maximum atomic E-state index is 13.5. The summed E-state index contributed by atoms with van der Waals surface area (Å²) in [6.07, 6.45) is 1.29. The molecule has 0 atom stereocenters. The fourth-order valence-electron chi connectivity index (χ4n) is 2.75. The van der Waals surface area contributed by atoms with Crippen LogP contribution >= 0.6 is 0 Å². The normalized spacial score (nSPS) is 12.7. The number of nitriles is 1. The number of rotatable bonds is 4. The van der Waals surface area contributed by atoms with Gasteiger partial charge in [-0.3, -0.25) is 13.9 Å². The zero-order valence-electron chi connectivity index (χ0n) is 12.3. The smallest absolute Gasteiger partial charge is 0.331 e. The van der Waals surface area contributed by atoms with Crippen LogP contribution in [0.1, 0.15) is 17.7 Å². The van der Waals surface area contributed by atoms with E-state index in [1.165, 1.54) is 16.7 Å². The van der Waals surface area contributed by atoms with Crippen LogP contribution in [0.2, 0.25) is 0 Å². The van der Waals surface area contributed by atoms with Gasteiger partial charge in [0.05, 0.1) is 6.54 Å². The quantitative estimate of drug-likeness (QED) is 0.845. The van der Waals surface area contributed by atoms with Crippen molar-refractivity contribution in [3.63, 3.8) is 0 Å². The molecule has 1 aromatic heterocycles. The Morgan fingerprint density at radius 3 is 2.83 bits per heavy atom. The van der Waals surface area contributed by atoms with Gasteiger partial charge in [0.15, 0.2) is 11.6 Å². The zero-order chi connectivity index (χ0) is 16.4. The van der Waals surface area contributed by atoms with Crippen LogP contribution in [0.25, 0.3) is 0 Å². The fourth-order valence-corrected chi connectivity index (χ4v) is 2.75. The minimum absolute atomic E-state index is 0.00740. The Bertz CT molecular complexity index is 908. The number of hydrogen-bond acceptors (Lipinski definition) is 4. The van der Waals surface area contributed by atoms with Crippen LogP contribution in [0.3, 0.4) is 0 Å². The van der Waals surface area contributed by atoms with Crippen molar-refractivity contribution in [3.05, 3.63) is 62.2 Å². The highest BCUT2D eigenvalue weighted by Gasteiger charge is 2.22. The Hall–Kier alpha value is -2.88. The minimum atomic E-state index is -0.609. The average molecular weight is 315 g/mol. The first-order valence-corrected chi connectivity index (χ1v) is 7.27. The van der Waals surface area contributed by atoms with E-state index in [1.54, 1.807) is 12.1 Å². The maximum absolute atomic E-state index is 13.5. The molecule has 2 aromatic rings. The molecule has 7 heteroatoms. The molecular weight excluding hydrogens is 301 g/mol. The van der Waals surface area contributed by atoms with Crippen LogP contribution in [-0.4, -0.2) is 15.7 Å². The van der Waals surface area contributed by atoms with Crippen molar-refractivity contribution in [2.75, 3.05) is 6.61 Å². The predicted octanol–water partition coefficient (Wildman–Crippen LogP) is 1.05. The third kappa shape index (κ3) is 2.63. The summed E-state index contributed by atoms with van der Waals surface area (Å²) in [5, 5.41) is 9.18. The Labute approximate surface area is 131 Å². The molecule has 1 aliphatic rings. The van der Waals surface area contributed by atoms with Gasteiger partial charge in [-0.15, -0.1) is 0 Å². The first-order valence-electron chi connectivity index (χ1n) is 7.27. The summed E-state index contributed by atoms with van der Waals surface area (Å²) in [6.45, 7) is 0.415. The monoisotopic (exact) mass is 315 g/mol. The lowest BCUT2D eigenvalue weighted by Crippen LogP contribution is -2.42. The summed E-state index contributed by atoms with van der Waals surface area (Å²) < 4.78 is 21.2. The lowest BCUT2D eigenvalue weighted by Gasteiger charge is -2.12. The highest BCUT2D eigenvalue weighted by atomic mass is 19.1. The van der Waals surface area contributed by atoms with Gasteiger partial charge in [0.1, 0.15) is 18.2 Å². The molecule has 0 amide bonds. The molecule has 0 N–H and O–H groups in total. The minimum Gasteiger partial charge on any atom is -0.489 e. The number of ether oxygens (including phenoxy) is 1. The number of benzene rings is 1. The van der Waals surface area contributed by atoms with Gasteiger partial charge in [-0.25, -0.2) is 9.18 Å². The van der Waals surface area contributed by atoms with E-state index in [0.717, 1.165) is 11.0 Å². The molecule has 0 bridgehead atoms. The molecule has 0 fully saturated rings. The van der Waals surface area contributed by atoms with Crippen LogP contribution in [0.15, 0.2) is 33.9 Å². The third-order valence-corrected chi connectivity index (χ3v) is 3.85. The van der Waals surface area contributed by atoms with E-state index in [2.05, 4.69) is 0 Å². The largest absolute Gasteiger partial charge is 0.489 e. The lowest BCUT2D eigenvalue weighted by atomic mass is 10.2. The van der Waals surface area contributed by atoms with Crippen molar-refractivity contribution in [1.29, 1.82) is 5.26 Å². The summed E-state index contributed by atoms with van der Waals surface area (Å²) in [5.74, 6) is -0.453. The molecular formula is C16H14FN3O3. The summed E-state index contributed by atoms with van der Waals surface area (Å²) in [7, 11) is 0. The van der Waals surface area contributed by atoms with E-state index in [4.69, 9.17) is 4.74 Å². The van der Waals surface area contributed by atoms with E-state index >= 15 is 0 Å². The van der Waals surface area contributed by atoms with Gasteiger partial charge < -0.3 is 4.74 Å². The number of hydrogen-bond donors (Lipinski definition) is 0. The number of halogens is 1. The first-order chi connectivity index (χ1) is 11.1. The fraction of sp³-hybridized carbons (Fsp3) is 0.312. The van der Waals surface area contributed by atoms with E-state index in [1.807, 2.05) is 6.07 Å². The standard InChI is InChI=1S/C16H14FN3O3/c17-12-4-1-2-6-14(12)23-9-8-20-15(21)11(10-18)13-5-3-7-19(13)16(20)22/h1-2,4,6H,3,5,7-9H2. The molecule has 0 unspecified atom stereocenters. The van der Waals surface area contributed by atoms with Crippen molar-refractivity contribution in [1.82, 2.24) is 9.13 Å². The second-order valence-corrected chi connectivity index (χ2v) is 5.21. The van der Waals surface area contributed by atoms with Gasteiger partial charge in [0.25, 0.3) is 5.56 Å². The Morgan fingerprint density at radius 2 is 2.09 bits per heavy atom. The van der Waals surface area contributed by atoms with Gasteiger partial charge in [-0.2, -0.15) is 5.26 Å². The Balaban J connectivity index is 1.87. The Morgan fingerprint density at radius 1 is 1.30 bits per heavy atom. The summed E-state index contributed by atoms with van der Waals surface area (Å²) in [4.78, 5) is 24.6. The van der Waals surface area contributed by atoms with Gasteiger partial charge >= 0.3 is 5.69 Å². The second kappa shape index (κ2) is 6.08. The topological polar surface area (TPSA) is 77.0 Å². The molecule has 0 saturated carbocycles. The van der Waals surface area contributed by atoms with Crippen molar-refractivity contribution in [2.24, 2.45) is 0 Å². The van der Waals surface area contributed by atoms with Crippen molar-refractivity contribution >= 4 is 0 Å². The lowest BCUT2D eigenvalue weighted by molar-refractivity contribution is 0.278. The molecule has 1 aromatic carbocycles. The van der Waals surface area contributed by atoms with Gasteiger partial charge in [0, 0.05) is 12.2 Å². The summed E-state index contributed by atoms with van der Waals surface area (Å²) in [5.41, 5.74) is -0.539. The van der Waals surface area contributed by atoms with Crippen molar-refractivity contribution < 1.29 is 9.13 Å². The molecule has 118 valence electrons. The summed E-state index contributed by atoms with van der Waals surface area (Å²) >= 11 is 0. The van der Waals surface area contributed by atoms with E-state index in [9.17, 15) is 19.2 Å². The van der Waals surface area contributed by atoms with Crippen LogP contribution in [0.4, 0.5) is 4.39 Å².